The maximum Gasteiger partial charge on any atom is 0.136 e. The van der Waals surface area contributed by atoms with E-state index >= 15 is 0 Å². The second-order valence-electron chi connectivity index (χ2n) is 7.87. The van der Waals surface area contributed by atoms with E-state index < -0.39 is 0 Å². The van der Waals surface area contributed by atoms with Crippen LogP contribution in [0.1, 0.15) is 50.7 Å². The van der Waals surface area contributed by atoms with Crippen molar-refractivity contribution >= 4 is 43.9 Å². The van der Waals surface area contributed by atoms with E-state index in [9.17, 15) is 0 Å². The Bertz CT molecular complexity index is 1180. The number of rotatable bonds is 2. The molecule has 0 aliphatic heterocycles. The predicted molar refractivity (Wildman–Crippen MR) is 109 cm³/mol. The standard InChI is InChI=1S/C24H22O2/c1-13(2)15-5-7-21-17(9-15)19-11-24-20(12-23(19)25-21)18-10-16(14(3)4)6-8-22(18)26-24/h5-14H,1-4H3. The van der Waals surface area contributed by atoms with Gasteiger partial charge in [-0.15, -0.1) is 0 Å². The van der Waals surface area contributed by atoms with Gasteiger partial charge >= 0.3 is 0 Å². The summed E-state index contributed by atoms with van der Waals surface area (Å²) in [6.07, 6.45) is 0. The van der Waals surface area contributed by atoms with Crippen molar-refractivity contribution in [2.75, 3.05) is 0 Å². The number of benzene rings is 3. The van der Waals surface area contributed by atoms with E-state index in [1.807, 2.05) is 0 Å². The predicted octanol–water partition coefficient (Wildman–Crippen LogP) is 7.73. The van der Waals surface area contributed by atoms with Gasteiger partial charge in [-0.1, -0.05) is 39.8 Å². The minimum atomic E-state index is 0.494. The molecule has 2 nitrogen and oxygen atoms in total. The largest absolute Gasteiger partial charge is 0.456 e. The Morgan fingerprint density at radius 1 is 0.500 bits per heavy atom. The number of hydrogen-bond acceptors (Lipinski definition) is 2. The number of fused-ring (bicyclic) bond motifs is 6. The summed E-state index contributed by atoms with van der Waals surface area (Å²) in [5.41, 5.74) is 6.36. The lowest BCUT2D eigenvalue weighted by molar-refractivity contribution is 0.663. The molecule has 0 aliphatic rings. The van der Waals surface area contributed by atoms with Crippen LogP contribution in [0.25, 0.3) is 43.9 Å². The van der Waals surface area contributed by atoms with Crippen LogP contribution in [0.4, 0.5) is 0 Å². The second kappa shape index (κ2) is 5.38. The zero-order valence-electron chi connectivity index (χ0n) is 15.6. The molecule has 0 unspecified atom stereocenters. The highest BCUT2D eigenvalue weighted by Crippen LogP contribution is 2.38. The maximum absolute atomic E-state index is 6.15. The van der Waals surface area contributed by atoms with Gasteiger partial charge in [0.15, 0.2) is 0 Å². The molecule has 0 atom stereocenters. The monoisotopic (exact) mass is 342 g/mol. The molecule has 0 radical (unpaired) electrons. The Balaban J connectivity index is 1.84. The van der Waals surface area contributed by atoms with Crippen molar-refractivity contribution in [3.8, 4) is 0 Å². The first-order chi connectivity index (χ1) is 12.5. The molecule has 130 valence electrons. The molecule has 26 heavy (non-hydrogen) atoms. The molecule has 0 N–H and O–H groups in total. The molecular formula is C24H22O2. The zero-order valence-corrected chi connectivity index (χ0v) is 15.6. The molecule has 5 aromatic rings. The first kappa shape index (κ1) is 15.5. The van der Waals surface area contributed by atoms with Gasteiger partial charge in [0.05, 0.1) is 0 Å². The minimum Gasteiger partial charge on any atom is -0.456 e. The van der Waals surface area contributed by atoms with Gasteiger partial charge in [-0.05, 0) is 59.4 Å². The molecule has 2 aromatic heterocycles. The van der Waals surface area contributed by atoms with Crippen molar-refractivity contribution in [3.63, 3.8) is 0 Å². The SMILES string of the molecule is CC(C)c1ccc2oc3cc4c(cc3c2c1)oc1ccc(C(C)C)cc14. The van der Waals surface area contributed by atoms with Gasteiger partial charge in [0.2, 0.25) is 0 Å². The third kappa shape index (κ3) is 2.18. The Kier molecular flexibility index (Phi) is 3.21. The molecule has 2 heteroatoms. The van der Waals surface area contributed by atoms with Crippen LogP contribution in [0.15, 0.2) is 57.4 Å². The lowest BCUT2D eigenvalue weighted by atomic mass is 9.99. The highest BCUT2D eigenvalue weighted by molar-refractivity contribution is 6.14. The lowest BCUT2D eigenvalue weighted by Crippen LogP contribution is -1.85. The van der Waals surface area contributed by atoms with Crippen molar-refractivity contribution < 1.29 is 8.83 Å². The summed E-state index contributed by atoms with van der Waals surface area (Å²) in [5.74, 6) is 0.988. The van der Waals surface area contributed by atoms with E-state index in [4.69, 9.17) is 8.83 Å². The molecule has 0 spiro atoms. The first-order valence-corrected chi connectivity index (χ1v) is 9.33. The van der Waals surface area contributed by atoms with E-state index in [1.165, 1.54) is 11.1 Å². The van der Waals surface area contributed by atoms with Gasteiger partial charge in [0, 0.05) is 21.5 Å². The van der Waals surface area contributed by atoms with Crippen molar-refractivity contribution in [2.24, 2.45) is 0 Å². The van der Waals surface area contributed by atoms with Crippen LogP contribution in [-0.4, -0.2) is 0 Å². The molecule has 0 aliphatic carbocycles. The average molecular weight is 342 g/mol. The highest BCUT2D eigenvalue weighted by Gasteiger charge is 2.15. The fraction of sp³-hybridized carbons (Fsp3) is 0.250. The first-order valence-electron chi connectivity index (χ1n) is 9.33. The zero-order chi connectivity index (χ0) is 18.0. The molecule has 2 heterocycles. The van der Waals surface area contributed by atoms with Gasteiger partial charge in [0.25, 0.3) is 0 Å². The van der Waals surface area contributed by atoms with Crippen LogP contribution in [0.3, 0.4) is 0 Å². The minimum absolute atomic E-state index is 0.494. The number of furan rings is 2. The van der Waals surface area contributed by atoms with Crippen molar-refractivity contribution in [3.05, 3.63) is 59.7 Å². The fourth-order valence-corrected chi connectivity index (χ4v) is 3.80. The summed E-state index contributed by atoms with van der Waals surface area (Å²) in [4.78, 5) is 0. The van der Waals surface area contributed by atoms with Crippen LogP contribution >= 0.6 is 0 Å². The molecule has 0 fully saturated rings. The van der Waals surface area contributed by atoms with E-state index in [0.717, 1.165) is 43.9 Å². The summed E-state index contributed by atoms with van der Waals surface area (Å²) in [6.45, 7) is 8.86. The van der Waals surface area contributed by atoms with Gasteiger partial charge in [-0.25, -0.2) is 0 Å². The molecule has 3 aromatic carbocycles. The highest BCUT2D eigenvalue weighted by atomic mass is 16.3. The molecular weight excluding hydrogens is 320 g/mol. The number of hydrogen-bond donors (Lipinski definition) is 0. The molecule has 5 rings (SSSR count). The summed E-state index contributed by atoms with van der Waals surface area (Å²) in [5, 5.41) is 4.57. The van der Waals surface area contributed by atoms with Gasteiger partial charge in [0.1, 0.15) is 22.3 Å². The molecule has 0 saturated heterocycles. The van der Waals surface area contributed by atoms with E-state index in [-0.39, 0.29) is 0 Å². The summed E-state index contributed by atoms with van der Waals surface area (Å²) in [7, 11) is 0. The topological polar surface area (TPSA) is 26.3 Å². The van der Waals surface area contributed by atoms with E-state index in [2.05, 4.69) is 76.2 Å². The summed E-state index contributed by atoms with van der Waals surface area (Å²) >= 11 is 0. The molecule has 0 bridgehead atoms. The van der Waals surface area contributed by atoms with Crippen LogP contribution in [0.2, 0.25) is 0 Å². The Morgan fingerprint density at radius 3 is 1.27 bits per heavy atom. The molecule has 0 amide bonds. The van der Waals surface area contributed by atoms with Gasteiger partial charge < -0.3 is 8.83 Å². The quantitative estimate of drug-likeness (QED) is 0.328. The molecule has 0 saturated carbocycles. The Labute approximate surface area is 152 Å². The van der Waals surface area contributed by atoms with Crippen LogP contribution in [0.5, 0.6) is 0 Å². The normalized spacial score (nSPS) is 12.5. The van der Waals surface area contributed by atoms with Crippen molar-refractivity contribution in [2.45, 2.75) is 39.5 Å². The Morgan fingerprint density at radius 2 is 0.885 bits per heavy atom. The summed E-state index contributed by atoms with van der Waals surface area (Å²) < 4.78 is 12.3. The smallest absolute Gasteiger partial charge is 0.136 e. The van der Waals surface area contributed by atoms with Crippen molar-refractivity contribution in [1.82, 2.24) is 0 Å². The fourth-order valence-electron chi connectivity index (χ4n) is 3.80. The Hall–Kier alpha value is -2.74. The average Bonchev–Trinajstić information content (AvgIpc) is 3.15. The van der Waals surface area contributed by atoms with Crippen LogP contribution < -0.4 is 0 Å². The van der Waals surface area contributed by atoms with Crippen molar-refractivity contribution in [1.29, 1.82) is 0 Å². The second-order valence-corrected chi connectivity index (χ2v) is 7.87. The maximum atomic E-state index is 6.15. The summed E-state index contributed by atoms with van der Waals surface area (Å²) in [6, 6.07) is 17.2. The van der Waals surface area contributed by atoms with Crippen LogP contribution in [0, 0.1) is 0 Å². The van der Waals surface area contributed by atoms with Gasteiger partial charge in [-0.2, -0.15) is 0 Å². The van der Waals surface area contributed by atoms with Gasteiger partial charge in [-0.3, -0.25) is 0 Å². The third-order valence-electron chi connectivity index (χ3n) is 5.44. The van der Waals surface area contributed by atoms with Crippen LogP contribution in [-0.2, 0) is 0 Å². The third-order valence-corrected chi connectivity index (χ3v) is 5.44. The van der Waals surface area contributed by atoms with E-state index in [1.54, 1.807) is 0 Å². The lowest BCUT2D eigenvalue weighted by Gasteiger charge is -2.04. The van der Waals surface area contributed by atoms with E-state index in [0.29, 0.717) is 11.8 Å².